The second-order valence-electron chi connectivity index (χ2n) is 6.28. The number of aliphatic hydroxyl groups is 1. The molecule has 1 aliphatic heterocycles. The zero-order valence-electron chi connectivity index (χ0n) is 13.8. The lowest BCUT2D eigenvalue weighted by molar-refractivity contribution is -0.0949. The highest BCUT2D eigenvalue weighted by Crippen LogP contribution is 2.57. The van der Waals surface area contributed by atoms with E-state index in [0.29, 0.717) is 17.9 Å². The van der Waals surface area contributed by atoms with Crippen LogP contribution >= 0.6 is 0 Å². The van der Waals surface area contributed by atoms with Gasteiger partial charge in [-0.2, -0.15) is 0 Å². The molecule has 2 heterocycles. The molecule has 0 amide bonds. The topological polar surface area (TPSA) is 80.0 Å². The molecule has 1 N–H and O–H groups in total. The number of ether oxygens (including phenoxy) is 1. The average Bonchev–Trinajstić information content (AvgIpc) is 3.07. The molecule has 1 aromatic rings. The van der Waals surface area contributed by atoms with Crippen LogP contribution in [0.1, 0.15) is 56.5 Å². The molecule has 23 heavy (non-hydrogen) atoms. The highest BCUT2D eigenvalue weighted by atomic mass is 16.6. The smallest absolute Gasteiger partial charge is 0.256 e. The van der Waals surface area contributed by atoms with Crippen LogP contribution in [0.2, 0.25) is 0 Å². The summed E-state index contributed by atoms with van der Waals surface area (Å²) in [4.78, 5) is 17.9. The fourth-order valence-corrected chi connectivity index (χ4v) is 3.03. The highest BCUT2D eigenvalue weighted by molar-refractivity contribution is 5.63. The third-order valence-electron chi connectivity index (χ3n) is 4.52. The van der Waals surface area contributed by atoms with Gasteiger partial charge in [-0.05, 0) is 44.9 Å². The van der Waals surface area contributed by atoms with Crippen LogP contribution in [0.4, 0.5) is 0 Å². The van der Waals surface area contributed by atoms with E-state index in [4.69, 9.17) is 4.74 Å². The standard InChI is InChI=1S/C17H24N4O2/c1-3-4-10-23-16(22)21-14-6-9-18-15(20-12(14)2)13-11-17(13)7-5-8-19-17/h6,8-9,13,16,22H,3-5,7,10-11H2,1-2H3. The molecule has 1 aromatic heterocycles. The first kappa shape index (κ1) is 16.2. The number of hydrogen-bond acceptors (Lipinski definition) is 6. The molecule has 0 aromatic carbocycles. The summed E-state index contributed by atoms with van der Waals surface area (Å²) in [6.45, 7) is 4.46. The van der Waals surface area contributed by atoms with Gasteiger partial charge in [0.05, 0.1) is 23.2 Å². The van der Waals surface area contributed by atoms with E-state index in [1.54, 1.807) is 12.3 Å². The van der Waals surface area contributed by atoms with E-state index in [9.17, 15) is 5.11 Å². The molecule has 1 fully saturated rings. The zero-order chi connectivity index (χ0) is 16.3. The van der Waals surface area contributed by atoms with Crippen LogP contribution < -0.4 is 5.36 Å². The van der Waals surface area contributed by atoms with Crippen LogP contribution in [0, 0.1) is 6.92 Å². The molecule has 1 spiro atoms. The van der Waals surface area contributed by atoms with Gasteiger partial charge in [-0.1, -0.05) is 13.3 Å². The van der Waals surface area contributed by atoms with Crippen LogP contribution in [-0.2, 0) is 4.74 Å². The summed E-state index contributed by atoms with van der Waals surface area (Å²) in [6.07, 6.45) is 7.67. The Kier molecular flexibility index (Phi) is 4.82. The Morgan fingerprint density at radius 3 is 3.13 bits per heavy atom. The quantitative estimate of drug-likeness (QED) is 0.642. The van der Waals surface area contributed by atoms with Crippen molar-refractivity contribution < 1.29 is 9.84 Å². The van der Waals surface area contributed by atoms with Crippen molar-refractivity contribution in [3.05, 3.63) is 29.1 Å². The molecule has 0 bridgehead atoms. The molecular weight excluding hydrogens is 292 g/mol. The second-order valence-corrected chi connectivity index (χ2v) is 6.28. The first-order valence-corrected chi connectivity index (χ1v) is 8.36. The molecule has 2 aliphatic rings. The monoisotopic (exact) mass is 316 g/mol. The van der Waals surface area contributed by atoms with Gasteiger partial charge >= 0.3 is 0 Å². The maximum absolute atomic E-state index is 9.84. The minimum atomic E-state index is -1.15. The predicted octanol–water partition coefficient (Wildman–Crippen LogP) is 1.87. The van der Waals surface area contributed by atoms with Crippen LogP contribution in [0.5, 0.6) is 0 Å². The maximum atomic E-state index is 9.84. The van der Waals surface area contributed by atoms with E-state index in [2.05, 4.69) is 26.9 Å². The van der Waals surface area contributed by atoms with E-state index in [-0.39, 0.29) is 5.54 Å². The van der Waals surface area contributed by atoms with Gasteiger partial charge in [0.2, 0.25) is 0 Å². The number of aromatic nitrogens is 2. The van der Waals surface area contributed by atoms with E-state index < -0.39 is 6.41 Å². The summed E-state index contributed by atoms with van der Waals surface area (Å²) in [5.41, 5.74) is 0.806. The minimum Gasteiger partial charge on any atom is -0.350 e. The van der Waals surface area contributed by atoms with Gasteiger partial charge in [-0.25, -0.2) is 15.0 Å². The Hall–Kier alpha value is -1.66. The van der Waals surface area contributed by atoms with Gasteiger partial charge in [0.25, 0.3) is 6.41 Å². The van der Waals surface area contributed by atoms with Gasteiger partial charge in [-0.3, -0.25) is 4.99 Å². The molecule has 0 radical (unpaired) electrons. The summed E-state index contributed by atoms with van der Waals surface area (Å²) in [5, 5.41) is 10.4. The molecule has 124 valence electrons. The van der Waals surface area contributed by atoms with Crippen molar-refractivity contribution in [2.24, 2.45) is 9.98 Å². The van der Waals surface area contributed by atoms with E-state index in [1.807, 2.05) is 13.1 Å². The molecule has 6 heteroatoms. The predicted molar refractivity (Wildman–Crippen MR) is 87.0 cm³/mol. The van der Waals surface area contributed by atoms with E-state index in [1.165, 1.54) is 0 Å². The van der Waals surface area contributed by atoms with Crippen molar-refractivity contribution in [1.82, 2.24) is 9.97 Å². The Morgan fingerprint density at radius 2 is 2.39 bits per heavy atom. The molecule has 3 atom stereocenters. The van der Waals surface area contributed by atoms with E-state index in [0.717, 1.165) is 43.6 Å². The third-order valence-corrected chi connectivity index (χ3v) is 4.52. The van der Waals surface area contributed by atoms with Crippen LogP contribution in [0.3, 0.4) is 0 Å². The van der Waals surface area contributed by atoms with Crippen LogP contribution in [0.25, 0.3) is 0 Å². The maximum Gasteiger partial charge on any atom is 0.256 e. The largest absolute Gasteiger partial charge is 0.350 e. The number of nitrogens with zero attached hydrogens (tertiary/aromatic N) is 4. The molecule has 6 nitrogen and oxygen atoms in total. The Labute approximate surface area is 136 Å². The second kappa shape index (κ2) is 6.84. The first-order valence-electron chi connectivity index (χ1n) is 8.36. The Morgan fingerprint density at radius 1 is 1.52 bits per heavy atom. The summed E-state index contributed by atoms with van der Waals surface area (Å²) in [7, 11) is 0. The lowest BCUT2D eigenvalue weighted by atomic mass is 10.1. The normalized spacial score (nSPS) is 27.6. The fourth-order valence-electron chi connectivity index (χ4n) is 3.03. The molecule has 3 unspecified atom stereocenters. The van der Waals surface area contributed by atoms with E-state index >= 15 is 0 Å². The number of aryl methyl sites for hydroxylation is 1. The number of aliphatic imine (C=N–C) groups is 1. The third kappa shape index (κ3) is 3.64. The van der Waals surface area contributed by atoms with Crippen molar-refractivity contribution in [3.63, 3.8) is 0 Å². The number of hydrogen-bond donors (Lipinski definition) is 1. The molecule has 3 rings (SSSR count). The SMILES string of the molecule is CCCCOC(O)N=c1ccnc(C2CC23CCC=N3)nc1C. The van der Waals surface area contributed by atoms with Gasteiger partial charge in [0, 0.05) is 12.1 Å². The van der Waals surface area contributed by atoms with Gasteiger partial charge < -0.3 is 9.84 Å². The average molecular weight is 316 g/mol. The van der Waals surface area contributed by atoms with Crippen LogP contribution in [0.15, 0.2) is 22.2 Å². The number of rotatable bonds is 6. The summed E-state index contributed by atoms with van der Waals surface area (Å²) < 4.78 is 5.26. The van der Waals surface area contributed by atoms with Crippen molar-refractivity contribution in [2.75, 3.05) is 6.61 Å². The van der Waals surface area contributed by atoms with Crippen molar-refractivity contribution in [3.8, 4) is 0 Å². The fraction of sp³-hybridized carbons (Fsp3) is 0.647. The van der Waals surface area contributed by atoms with Crippen molar-refractivity contribution >= 4 is 6.21 Å². The Bertz CT molecular complexity index is 661. The lowest BCUT2D eigenvalue weighted by Crippen LogP contribution is -2.16. The molecule has 0 saturated heterocycles. The Balaban J connectivity index is 1.76. The molecule has 1 aliphatic carbocycles. The number of unbranched alkanes of at least 4 members (excludes halogenated alkanes) is 1. The van der Waals surface area contributed by atoms with Gasteiger partial charge in [-0.15, -0.1) is 0 Å². The van der Waals surface area contributed by atoms with Crippen molar-refractivity contribution in [1.29, 1.82) is 0 Å². The lowest BCUT2D eigenvalue weighted by Gasteiger charge is -2.06. The van der Waals surface area contributed by atoms with Crippen LogP contribution in [-0.4, -0.2) is 39.8 Å². The van der Waals surface area contributed by atoms with Gasteiger partial charge in [0.15, 0.2) is 0 Å². The first-order chi connectivity index (χ1) is 11.1. The summed E-state index contributed by atoms with van der Waals surface area (Å²) in [5.74, 6) is 1.13. The summed E-state index contributed by atoms with van der Waals surface area (Å²) >= 11 is 0. The van der Waals surface area contributed by atoms with Crippen molar-refractivity contribution in [2.45, 2.75) is 63.8 Å². The highest BCUT2D eigenvalue weighted by Gasteiger charge is 2.57. The zero-order valence-corrected chi connectivity index (χ0v) is 13.8. The summed E-state index contributed by atoms with van der Waals surface area (Å²) in [6, 6.07) is 1.77. The molecule has 1 saturated carbocycles. The minimum absolute atomic E-state index is 0.0564. The van der Waals surface area contributed by atoms with Gasteiger partial charge in [0.1, 0.15) is 5.82 Å². The molecular formula is C17H24N4O2. The number of aliphatic hydroxyl groups excluding tert-OH is 1.